The van der Waals surface area contributed by atoms with E-state index >= 15 is 0 Å². The molecule has 0 amide bonds. The second-order valence-corrected chi connectivity index (χ2v) is 4.00. The fourth-order valence-corrected chi connectivity index (χ4v) is 1.47. The van der Waals surface area contributed by atoms with E-state index in [1.165, 1.54) is 0 Å². The number of hydrogen-bond acceptors (Lipinski definition) is 4. The van der Waals surface area contributed by atoms with Crippen molar-refractivity contribution in [2.75, 3.05) is 19.7 Å². The van der Waals surface area contributed by atoms with Crippen molar-refractivity contribution < 1.29 is 14.1 Å². The normalized spacial score (nSPS) is 10.4. The number of nitrogens with zero attached hydrogens (tertiary/aromatic N) is 1. The van der Waals surface area contributed by atoms with Crippen LogP contribution in [-0.4, -0.2) is 24.6 Å². The third-order valence-electron chi connectivity index (χ3n) is 2.16. The van der Waals surface area contributed by atoms with Crippen molar-refractivity contribution in [2.45, 2.75) is 13.3 Å². The maximum atomic E-state index is 13.2. The van der Waals surface area contributed by atoms with Crippen LogP contribution in [-0.2, 0) is 0 Å². The zero-order valence-electron chi connectivity index (χ0n) is 9.91. The molecule has 18 heavy (non-hydrogen) atoms. The Hall–Kier alpha value is -1.40. The van der Waals surface area contributed by atoms with Crippen LogP contribution in [0.15, 0.2) is 12.1 Å². The number of benzene rings is 1. The van der Waals surface area contributed by atoms with E-state index in [-0.39, 0.29) is 23.1 Å². The van der Waals surface area contributed by atoms with Gasteiger partial charge in [0.1, 0.15) is 12.4 Å². The quantitative estimate of drug-likeness (QED) is 0.472. The fourth-order valence-electron chi connectivity index (χ4n) is 1.31. The zero-order chi connectivity index (χ0) is 13.5. The minimum Gasteiger partial charge on any atom is -0.485 e. The molecular weight excluding hydrogens is 263 g/mol. The molecule has 0 aliphatic carbocycles. The van der Waals surface area contributed by atoms with E-state index in [0.29, 0.717) is 6.54 Å². The van der Waals surface area contributed by atoms with Gasteiger partial charge in [0.2, 0.25) is 0 Å². The molecule has 5 nitrogen and oxygen atoms in total. The van der Waals surface area contributed by atoms with Gasteiger partial charge in [-0.1, -0.05) is 18.5 Å². The van der Waals surface area contributed by atoms with Gasteiger partial charge in [-0.15, -0.1) is 0 Å². The van der Waals surface area contributed by atoms with Crippen molar-refractivity contribution in [2.24, 2.45) is 0 Å². The van der Waals surface area contributed by atoms with Crippen LogP contribution in [0.4, 0.5) is 10.1 Å². The van der Waals surface area contributed by atoms with E-state index in [1.807, 2.05) is 6.92 Å². The lowest BCUT2D eigenvalue weighted by molar-refractivity contribution is -0.385. The monoisotopic (exact) mass is 276 g/mol. The smallest absolute Gasteiger partial charge is 0.312 e. The van der Waals surface area contributed by atoms with Gasteiger partial charge in [0, 0.05) is 18.7 Å². The first-order chi connectivity index (χ1) is 8.56. The SMILES string of the molecule is CCCNCCOc1cc(F)c(Cl)cc1[N+](=O)[O-]. The molecule has 0 saturated carbocycles. The molecule has 100 valence electrons. The predicted octanol–water partition coefficient (Wildman–Crippen LogP) is 2.77. The van der Waals surface area contributed by atoms with E-state index in [1.54, 1.807) is 0 Å². The predicted molar refractivity (Wildman–Crippen MR) is 66.7 cm³/mol. The lowest BCUT2D eigenvalue weighted by Crippen LogP contribution is -2.21. The zero-order valence-corrected chi connectivity index (χ0v) is 10.7. The molecule has 0 atom stereocenters. The molecule has 0 aliphatic rings. The van der Waals surface area contributed by atoms with Crippen LogP contribution in [0, 0.1) is 15.9 Å². The minimum absolute atomic E-state index is 0.111. The molecule has 0 fully saturated rings. The van der Waals surface area contributed by atoms with Crippen molar-refractivity contribution in [3.05, 3.63) is 33.1 Å². The first-order valence-electron chi connectivity index (χ1n) is 5.53. The van der Waals surface area contributed by atoms with Gasteiger partial charge in [-0.05, 0) is 13.0 Å². The standard InChI is InChI=1S/C11H14ClFN2O3/c1-2-3-14-4-5-18-11-7-9(13)8(12)6-10(11)15(16)17/h6-7,14H,2-5H2,1H3. The molecule has 0 saturated heterocycles. The fraction of sp³-hybridized carbons (Fsp3) is 0.455. The lowest BCUT2D eigenvalue weighted by Gasteiger charge is -2.08. The molecule has 0 unspecified atom stereocenters. The number of nitro groups is 1. The van der Waals surface area contributed by atoms with E-state index in [4.69, 9.17) is 16.3 Å². The summed E-state index contributed by atoms with van der Waals surface area (Å²) in [5.41, 5.74) is -0.336. The summed E-state index contributed by atoms with van der Waals surface area (Å²) in [6.07, 6.45) is 0.982. The summed E-state index contributed by atoms with van der Waals surface area (Å²) in [4.78, 5) is 10.1. The molecule has 0 aliphatic heterocycles. The van der Waals surface area contributed by atoms with Gasteiger partial charge in [-0.2, -0.15) is 0 Å². The van der Waals surface area contributed by atoms with Crippen molar-refractivity contribution in [3.63, 3.8) is 0 Å². The summed E-state index contributed by atoms with van der Waals surface area (Å²) in [7, 11) is 0. The van der Waals surface area contributed by atoms with Crippen molar-refractivity contribution in [3.8, 4) is 5.75 Å². The molecule has 0 aromatic heterocycles. The second-order valence-electron chi connectivity index (χ2n) is 3.59. The largest absolute Gasteiger partial charge is 0.485 e. The van der Waals surface area contributed by atoms with Crippen LogP contribution < -0.4 is 10.1 Å². The van der Waals surface area contributed by atoms with Gasteiger partial charge in [0.05, 0.1) is 9.95 Å². The van der Waals surface area contributed by atoms with E-state index < -0.39 is 10.7 Å². The summed E-state index contributed by atoms with van der Waals surface area (Å²) < 4.78 is 18.4. The average Bonchev–Trinajstić information content (AvgIpc) is 2.32. The van der Waals surface area contributed by atoms with Gasteiger partial charge in [-0.25, -0.2) is 4.39 Å². The van der Waals surface area contributed by atoms with Crippen molar-refractivity contribution in [1.82, 2.24) is 5.32 Å². The summed E-state index contributed by atoms with van der Waals surface area (Å²) in [6.45, 7) is 3.62. The van der Waals surface area contributed by atoms with Crippen LogP contribution in [0.2, 0.25) is 5.02 Å². The molecule has 1 aromatic rings. The highest BCUT2D eigenvalue weighted by Crippen LogP contribution is 2.32. The number of rotatable bonds is 7. The first-order valence-corrected chi connectivity index (χ1v) is 5.91. The Morgan fingerprint density at radius 3 is 2.83 bits per heavy atom. The van der Waals surface area contributed by atoms with E-state index in [0.717, 1.165) is 25.1 Å². The van der Waals surface area contributed by atoms with E-state index in [9.17, 15) is 14.5 Å². The maximum Gasteiger partial charge on any atom is 0.312 e. The lowest BCUT2D eigenvalue weighted by atomic mass is 10.3. The number of nitrogens with one attached hydrogen (secondary N) is 1. The van der Waals surface area contributed by atoms with Crippen molar-refractivity contribution >= 4 is 17.3 Å². The van der Waals surface area contributed by atoms with Crippen LogP contribution >= 0.6 is 11.6 Å². The maximum absolute atomic E-state index is 13.2. The van der Waals surface area contributed by atoms with Crippen LogP contribution in [0.1, 0.15) is 13.3 Å². The second kappa shape index (κ2) is 7.13. The summed E-state index contributed by atoms with van der Waals surface area (Å²) >= 11 is 5.49. The molecule has 0 heterocycles. The topological polar surface area (TPSA) is 64.4 Å². The van der Waals surface area contributed by atoms with Crippen LogP contribution in [0.3, 0.4) is 0 Å². The van der Waals surface area contributed by atoms with Gasteiger partial charge in [0.15, 0.2) is 5.75 Å². The molecule has 7 heteroatoms. The molecule has 1 N–H and O–H groups in total. The average molecular weight is 277 g/mol. The third kappa shape index (κ3) is 4.12. The Morgan fingerprint density at radius 2 is 2.22 bits per heavy atom. The van der Waals surface area contributed by atoms with E-state index in [2.05, 4.69) is 5.32 Å². The first kappa shape index (κ1) is 14.7. The summed E-state index contributed by atoms with van der Waals surface area (Å²) in [6, 6.07) is 1.88. The van der Waals surface area contributed by atoms with Crippen LogP contribution in [0.25, 0.3) is 0 Å². The Kier molecular flexibility index (Phi) is 5.80. The highest BCUT2D eigenvalue weighted by molar-refractivity contribution is 6.31. The molecule has 0 radical (unpaired) electrons. The van der Waals surface area contributed by atoms with Crippen molar-refractivity contribution in [1.29, 1.82) is 0 Å². The Balaban J connectivity index is 2.68. The molecular formula is C11H14ClFN2O3. The molecule has 0 bridgehead atoms. The third-order valence-corrected chi connectivity index (χ3v) is 2.45. The Bertz CT molecular complexity index is 429. The Morgan fingerprint density at radius 1 is 1.50 bits per heavy atom. The molecule has 0 spiro atoms. The number of ether oxygens (including phenoxy) is 1. The number of hydrogen-bond donors (Lipinski definition) is 1. The van der Waals surface area contributed by atoms with Crippen LogP contribution in [0.5, 0.6) is 5.75 Å². The number of halogens is 2. The van der Waals surface area contributed by atoms with Gasteiger partial charge in [-0.3, -0.25) is 10.1 Å². The Labute approximate surface area is 109 Å². The number of nitro benzene ring substituents is 1. The minimum atomic E-state index is -0.737. The summed E-state index contributed by atoms with van der Waals surface area (Å²) in [5.74, 6) is -0.848. The van der Waals surface area contributed by atoms with Gasteiger partial charge >= 0.3 is 5.69 Å². The summed E-state index contributed by atoms with van der Waals surface area (Å²) in [5, 5.41) is 13.5. The van der Waals surface area contributed by atoms with Gasteiger partial charge in [0.25, 0.3) is 0 Å². The van der Waals surface area contributed by atoms with Gasteiger partial charge < -0.3 is 10.1 Å². The molecule has 1 rings (SSSR count). The highest BCUT2D eigenvalue weighted by Gasteiger charge is 2.18. The molecule has 1 aromatic carbocycles. The highest BCUT2D eigenvalue weighted by atomic mass is 35.5.